The highest BCUT2D eigenvalue weighted by molar-refractivity contribution is 5.58. The van der Waals surface area contributed by atoms with E-state index in [0.717, 1.165) is 6.54 Å². The van der Waals surface area contributed by atoms with Crippen molar-refractivity contribution in [1.82, 2.24) is 4.57 Å². The van der Waals surface area contributed by atoms with Crippen molar-refractivity contribution in [3.05, 3.63) is 49.1 Å². The quantitative estimate of drug-likeness (QED) is 0.447. The first-order valence-electron chi connectivity index (χ1n) is 5.56. The van der Waals surface area contributed by atoms with Crippen molar-refractivity contribution >= 4 is 6.16 Å². The van der Waals surface area contributed by atoms with Crippen molar-refractivity contribution in [2.45, 2.75) is 13.5 Å². The number of ether oxygens (including phenoxy) is 1. The van der Waals surface area contributed by atoms with Crippen LogP contribution in [0.3, 0.4) is 0 Å². The zero-order chi connectivity index (χ0) is 13.4. The van der Waals surface area contributed by atoms with E-state index >= 15 is 0 Å². The number of carboxylic acid groups (broad SMARTS) is 1. The van der Waals surface area contributed by atoms with E-state index in [4.69, 9.17) is 0 Å². The maximum Gasteiger partial charge on any atom is 0.257 e. The van der Waals surface area contributed by atoms with Crippen LogP contribution in [0.1, 0.15) is 6.92 Å². The third-order valence-electron chi connectivity index (χ3n) is 2.13. The molecule has 0 radical (unpaired) electrons. The lowest BCUT2D eigenvalue weighted by Gasteiger charge is -2.05. The number of para-hydroxylation sites is 1. The molecular formula is C13H16N2O3. The molecule has 5 nitrogen and oxygen atoms in total. The third-order valence-corrected chi connectivity index (χ3v) is 2.13. The lowest BCUT2D eigenvalue weighted by molar-refractivity contribution is -0.671. The van der Waals surface area contributed by atoms with Gasteiger partial charge in [0, 0.05) is 0 Å². The number of aromatic nitrogens is 2. The molecule has 0 amide bonds. The van der Waals surface area contributed by atoms with E-state index < -0.39 is 6.16 Å². The minimum atomic E-state index is -1.54. The van der Waals surface area contributed by atoms with Gasteiger partial charge in [-0.3, -0.25) is 0 Å². The number of aryl methyl sites for hydroxylation is 2. The van der Waals surface area contributed by atoms with Crippen LogP contribution in [0.25, 0.3) is 0 Å². The van der Waals surface area contributed by atoms with Gasteiger partial charge in [-0.2, -0.15) is 0 Å². The fourth-order valence-corrected chi connectivity index (χ4v) is 1.27. The standard InChI is InChI=1S/C7H6O3.C6H11N2/c8-7(9)10-6-4-2-1-3-5-6;1-3-8-5-4-7(2)6-8/h1-5H,(H,8,9);4-6H,3H2,1-2H3/q;+1/p-1. The minimum absolute atomic E-state index is 0.280. The van der Waals surface area contributed by atoms with Crippen LogP contribution in [0.4, 0.5) is 4.79 Å². The van der Waals surface area contributed by atoms with Crippen LogP contribution < -0.4 is 14.4 Å². The first-order chi connectivity index (χ1) is 8.61. The Hall–Kier alpha value is -2.30. The lowest BCUT2D eigenvalue weighted by atomic mass is 10.3. The van der Waals surface area contributed by atoms with E-state index in [9.17, 15) is 9.90 Å². The van der Waals surface area contributed by atoms with Gasteiger partial charge < -0.3 is 14.6 Å². The van der Waals surface area contributed by atoms with Crippen molar-refractivity contribution < 1.29 is 19.2 Å². The topological polar surface area (TPSA) is 58.2 Å². The summed E-state index contributed by atoms with van der Waals surface area (Å²) in [6.07, 6.45) is 4.61. The molecule has 0 atom stereocenters. The summed E-state index contributed by atoms with van der Waals surface area (Å²) in [6.45, 7) is 3.18. The van der Waals surface area contributed by atoms with Gasteiger partial charge in [-0.15, -0.1) is 0 Å². The van der Waals surface area contributed by atoms with Gasteiger partial charge in [0.2, 0.25) is 6.33 Å². The number of imidazole rings is 1. The number of carbonyl (C=O) groups is 1. The van der Waals surface area contributed by atoms with Crippen LogP contribution >= 0.6 is 0 Å². The van der Waals surface area contributed by atoms with Crippen LogP contribution in [0.15, 0.2) is 49.1 Å². The van der Waals surface area contributed by atoms with Gasteiger partial charge in [0.25, 0.3) is 6.16 Å². The first-order valence-corrected chi connectivity index (χ1v) is 5.56. The summed E-state index contributed by atoms with van der Waals surface area (Å²) in [5.74, 6) is 0.280. The smallest absolute Gasteiger partial charge is 0.257 e. The van der Waals surface area contributed by atoms with Crippen molar-refractivity contribution in [2.24, 2.45) is 7.05 Å². The van der Waals surface area contributed by atoms with E-state index in [1.54, 1.807) is 18.2 Å². The van der Waals surface area contributed by atoms with Crippen LogP contribution in [0.5, 0.6) is 5.75 Å². The number of hydrogen-bond donors (Lipinski definition) is 0. The number of benzene rings is 1. The summed E-state index contributed by atoms with van der Waals surface area (Å²) < 4.78 is 8.38. The van der Waals surface area contributed by atoms with Gasteiger partial charge in [0.1, 0.15) is 12.4 Å². The molecule has 0 aliphatic carbocycles. The largest absolute Gasteiger partial charge is 0.514 e. The molecule has 0 aliphatic rings. The summed E-state index contributed by atoms with van der Waals surface area (Å²) in [5.41, 5.74) is 0. The van der Waals surface area contributed by atoms with E-state index in [2.05, 4.69) is 28.8 Å². The Labute approximate surface area is 106 Å². The van der Waals surface area contributed by atoms with Crippen LogP contribution in [-0.2, 0) is 13.6 Å². The summed E-state index contributed by atoms with van der Waals surface area (Å²) in [6, 6.07) is 8.20. The molecule has 5 heteroatoms. The number of carbonyl (C=O) groups excluding carboxylic acids is 1. The first kappa shape index (κ1) is 13.8. The Morgan fingerprint density at radius 2 is 2.06 bits per heavy atom. The predicted octanol–water partition coefficient (Wildman–Crippen LogP) is 0.741. The monoisotopic (exact) mass is 248 g/mol. The van der Waals surface area contributed by atoms with Gasteiger partial charge in [-0.25, -0.2) is 9.13 Å². The molecule has 18 heavy (non-hydrogen) atoms. The predicted molar refractivity (Wildman–Crippen MR) is 63.7 cm³/mol. The summed E-state index contributed by atoms with van der Waals surface area (Å²) in [7, 11) is 2.02. The molecule has 0 saturated carbocycles. The number of rotatable bonds is 2. The fourth-order valence-electron chi connectivity index (χ4n) is 1.27. The molecule has 1 aromatic carbocycles. The fraction of sp³-hybridized carbons (Fsp3) is 0.231. The molecule has 96 valence electrons. The molecule has 1 aromatic heterocycles. The summed E-state index contributed by atoms with van der Waals surface area (Å²) >= 11 is 0. The average molecular weight is 248 g/mol. The highest BCUT2D eigenvalue weighted by Crippen LogP contribution is 2.06. The number of nitrogens with zero attached hydrogens (tertiary/aromatic N) is 2. The highest BCUT2D eigenvalue weighted by Gasteiger charge is 1.92. The van der Waals surface area contributed by atoms with Crippen molar-refractivity contribution in [2.75, 3.05) is 0 Å². The minimum Gasteiger partial charge on any atom is -0.514 e. The molecule has 0 spiro atoms. The molecule has 0 aliphatic heterocycles. The van der Waals surface area contributed by atoms with E-state index in [1.165, 1.54) is 12.1 Å². The van der Waals surface area contributed by atoms with Crippen LogP contribution in [0.2, 0.25) is 0 Å². The summed E-state index contributed by atoms with van der Waals surface area (Å²) in [4.78, 5) is 9.84. The Morgan fingerprint density at radius 1 is 1.39 bits per heavy atom. The van der Waals surface area contributed by atoms with E-state index in [-0.39, 0.29) is 5.75 Å². The second kappa shape index (κ2) is 7.11. The Balaban J connectivity index is 0.000000184. The molecule has 2 rings (SSSR count). The molecule has 2 aromatic rings. The summed E-state index contributed by atoms with van der Waals surface area (Å²) in [5, 5.41) is 9.84. The zero-order valence-corrected chi connectivity index (χ0v) is 10.4. The zero-order valence-electron chi connectivity index (χ0n) is 10.4. The van der Waals surface area contributed by atoms with Crippen molar-refractivity contribution in [1.29, 1.82) is 0 Å². The van der Waals surface area contributed by atoms with Gasteiger partial charge in [-0.05, 0) is 19.1 Å². The van der Waals surface area contributed by atoms with E-state index in [1.807, 2.05) is 17.8 Å². The SMILES string of the molecule is CCn1cc[n+](C)c1.O=C([O-])Oc1ccccc1. The van der Waals surface area contributed by atoms with Gasteiger partial charge >= 0.3 is 0 Å². The van der Waals surface area contributed by atoms with Crippen LogP contribution in [0, 0.1) is 0 Å². The maximum atomic E-state index is 9.84. The highest BCUT2D eigenvalue weighted by atomic mass is 16.7. The third kappa shape index (κ3) is 5.16. The molecule has 0 unspecified atom stereocenters. The average Bonchev–Trinajstić information content (AvgIpc) is 2.76. The molecule has 0 N–H and O–H groups in total. The Bertz CT molecular complexity index is 480. The second-order valence-electron chi connectivity index (χ2n) is 3.57. The van der Waals surface area contributed by atoms with E-state index in [0.29, 0.717) is 0 Å². The maximum absolute atomic E-state index is 9.84. The normalized spacial score (nSPS) is 9.22. The lowest BCUT2D eigenvalue weighted by Crippen LogP contribution is -2.26. The van der Waals surface area contributed by atoms with Gasteiger partial charge in [0.15, 0.2) is 0 Å². The second-order valence-corrected chi connectivity index (χ2v) is 3.57. The molecule has 0 bridgehead atoms. The van der Waals surface area contributed by atoms with Crippen LogP contribution in [-0.4, -0.2) is 10.7 Å². The molecule has 0 saturated heterocycles. The van der Waals surface area contributed by atoms with Gasteiger partial charge in [0.05, 0.1) is 19.3 Å². The van der Waals surface area contributed by atoms with Gasteiger partial charge in [-0.1, -0.05) is 18.2 Å². The molecular weight excluding hydrogens is 232 g/mol. The Morgan fingerprint density at radius 3 is 2.44 bits per heavy atom. The molecule has 0 fully saturated rings. The van der Waals surface area contributed by atoms with Crippen molar-refractivity contribution in [3.8, 4) is 5.75 Å². The van der Waals surface area contributed by atoms with Crippen molar-refractivity contribution in [3.63, 3.8) is 0 Å². The molecule has 1 heterocycles. The Kier molecular flexibility index (Phi) is 5.44. The number of hydrogen-bond acceptors (Lipinski definition) is 3.